The molecule has 0 radical (unpaired) electrons. The number of H-pyrrole nitrogens is 1. The normalized spacial score (nSPS) is 19.1. The number of nitrogens with one attached hydrogen (secondary N) is 2. The van der Waals surface area contributed by atoms with E-state index in [9.17, 15) is 18.8 Å². The van der Waals surface area contributed by atoms with Crippen molar-refractivity contribution in [1.82, 2.24) is 20.4 Å². The fourth-order valence-corrected chi connectivity index (χ4v) is 4.20. The maximum Gasteiger partial charge on any atom is 0.407 e. The van der Waals surface area contributed by atoms with Crippen LogP contribution in [-0.2, 0) is 4.74 Å². The summed E-state index contributed by atoms with van der Waals surface area (Å²) in [6.07, 6.45) is 2.47. The van der Waals surface area contributed by atoms with Crippen LogP contribution in [0.5, 0.6) is 0 Å². The summed E-state index contributed by atoms with van der Waals surface area (Å²) in [4.78, 5) is 40.0. The Labute approximate surface area is 188 Å². The van der Waals surface area contributed by atoms with Crippen molar-refractivity contribution in [2.75, 3.05) is 31.1 Å². The maximum absolute atomic E-state index is 13.1. The third kappa shape index (κ3) is 5.01. The molecule has 0 unspecified atom stereocenters. The van der Waals surface area contributed by atoms with Gasteiger partial charge in [-0.05, 0) is 37.1 Å². The standard InChI is InChI=1S/C21H23ClFN5O4/c22-18-17(11-24-26-19(18)29)28-10-7-16(12-28)32-21(31)25-15-5-8-27(9-6-15)20(30)13-1-3-14(23)4-2-13/h1-4,11,15-16H,5-10,12H2,(H,25,31)(H,26,29)/t16-/m1/s1. The lowest BCUT2D eigenvalue weighted by Gasteiger charge is -2.32. The quantitative estimate of drug-likeness (QED) is 0.719. The highest BCUT2D eigenvalue weighted by Crippen LogP contribution is 2.26. The van der Waals surface area contributed by atoms with Crippen LogP contribution in [0.25, 0.3) is 0 Å². The van der Waals surface area contributed by atoms with Gasteiger partial charge in [0.1, 0.15) is 16.9 Å². The lowest BCUT2D eigenvalue weighted by molar-refractivity contribution is 0.0693. The highest BCUT2D eigenvalue weighted by molar-refractivity contribution is 6.33. The number of likely N-dealkylation sites (tertiary alicyclic amines) is 1. The van der Waals surface area contributed by atoms with Gasteiger partial charge in [0.25, 0.3) is 11.5 Å². The van der Waals surface area contributed by atoms with Gasteiger partial charge in [0.05, 0.1) is 18.4 Å². The lowest BCUT2D eigenvalue weighted by atomic mass is 10.0. The summed E-state index contributed by atoms with van der Waals surface area (Å²) in [7, 11) is 0. The molecule has 1 atom stereocenters. The number of anilines is 1. The van der Waals surface area contributed by atoms with E-state index >= 15 is 0 Å². The van der Waals surface area contributed by atoms with E-state index in [1.54, 1.807) is 4.90 Å². The minimum absolute atomic E-state index is 0.0621. The number of halogens is 2. The number of rotatable bonds is 4. The second kappa shape index (κ2) is 9.56. The predicted molar refractivity (Wildman–Crippen MR) is 115 cm³/mol. The molecule has 2 amide bonds. The molecule has 1 aromatic heterocycles. The fourth-order valence-electron chi connectivity index (χ4n) is 3.99. The summed E-state index contributed by atoms with van der Waals surface area (Å²) in [5, 5.41) is 8.97. The molecule has 11 heteroatoms. The first-order valence-electron chi connectivity index (χ1n) is 10.4. The van der Waals surface area contributed by atoms with Crippen molar-refractivity contribution in [2.45, 2.75) is 31.4 Å². The largest absolute Gasteiger partial charge is 0.444 e. The number of hydrogen-bond donors (Lipinski definition) is 2. The van der Waals surface area contributed by atoms with Gasteiger partial charge >= 0.3 is 6.09 Å². The van der Waals surface area contributed by atoms with Crippen LogP contribution in [0.2, 0.25) is 5.02 Å². The molecule has 0 spiro atoms. The minimum Gasteiger partial charge on any atom is -0.444 e. The van der Waals surface area contributed by atoms with Crippen LogP contribution in [0.15, 0.2) is 35.3 Å². The average molecular weight is 464 g/mol. The zero-order chi connectivity index (χ0) is 22.7. The molecule has 32 heavy (non-hydrogen) atoms. The van der Waals surface area contributed by atoms with Gasteiger partial charge in [-0.2, -0.15) is 5.10 Å². The number of hydrogen-bond acceptors (Lipinski definition) is 6. The Morgan fingerprint density at radius 2 is 1.88 bits per heavy atom. The van der Waals surface area contributed by atoms with E-state index in [4.69, 9.17) is 16.3 Å². The fraction of sp³-hybridized carbons (Fsp3) is 0.429. The van der Waals surface area contributed by atoms with Gasteiger partial charge in [-0.1, -0.05) is 11.6 Å². The molecule has 9 nitrogen and oxygen atoms in total. The van der Waals surface area contributed by atoms with Crippen LogP contribution in [0, 0.1) is 5.82 Å². The van der Waals surface area contributed by atoms with Gasteiger partial charge in [-0.3, -0.25) is 9.59 Å². The van der Waals surface area contributed by atoms with Crippen LogP contribution in [0.3, 0.4) is 0 Å². The number of piperidine rings is 1. The molecule has 170 valence electrons. The van der Waals surface area contributed by atoms with Crippen molar-refractivity contribution in [3.05, 3.63) is 57.2 Å². The Balaban J connectivity index is 1.22. The van der Waals surface area contributed by atoms with Crippen LogP contribution < -0.4 is 15.8 Å². The first-order chi connectivity index (χ1) is 15.4. The molecule has 2 saturated heterocycles. The van der Waals surface area contributed by atoms with Gasteiger partial charge < -0.3 is 19.9 Å². The number of ether oxygens (including phenoxy) is 1. The van der Waals surface area contributed by atoms with Crippen LogP contribution in [-0.4, -0.2) is 65.4 Å². The van der Waals surface area contributed by atoms with E-state index in [0.717, 1.165) is 0 Å². The van der Waals surface area contributed by atoms with Crippen LogP contribution >= 0.6 is 11.6 Å². The third-order valence-electron chi connectivity index (χ3n) is 5.73. The molecule has 2 aliphatic rings. The van der Waals surface area contributed by atoms with Gasteiger partial charge in [0, 0.05) is 37.7 Å². The highest BCUT2D eigenvalue weighted by atomic mass is 35.5. The number of carbonyl (C=O) groups excluding carboxylic acids is 2. The molecule has 2 aliphatic heterocycles. The summed E-state index contributed by atoms with van der Waals surface area (Å²) in [6.45, 7) is 1.99. The molecular formula is C21H23ClFN5O4. The molecule has 0 aliphatic carbocycles. The molecule has 2 aromatic rings. The highest BCUT2D eigenvalue weighted by Gasteiger charge is 2.30. The zero-order valence-corrected chi connectivity index (χ0v) is 18.0. The lowest BCUT2D eigenvalue weighted by Crippen LogP contribution is -2.47. The SMILES string of the molecule is O=C(NC1CCN(C(=O)c2ccc(F)cc2)CC1)O[C@@H]1CCN(c2cn[nH]c(=O)c2Cl)C1. The van der Waals surface area contributed by atoms with Gasteiger partial charge in [-0.15, -0.1) is 0 Å². The molecule has 4 rings (SSSR count). The monoisotopic (exact) mass is 463 g/mol. The second-order valence-electron chi connectivity index (χ2n) is 7.88. The number of aromatic amines is 1. The molecular weight excluding hydrogens is 441 g/mol. The van der Waals surface area contributed by atoms with E-state index in [1.165, 1.54) is 30.5 Å². The van der Waals surface area contributed by atoms with Crippen molar-refractivity contribution < 1.29 is 18.7 Å². The van der Waals surface area contributed by atoms with Gasteiger partial charge in [0.15, 0.2) is 0 Å². The molecule has 2 N–H and O–H groups in total. The second-order valence-corrected chi connectivity index (χ2v) is 8.26. The Hall–Kier alpha value is -3.14. The number of carbonyl (C=O) groups is 2. The first kappa shape index (κ1) is 22.1. The number of alkyl carbamates (subject to hydrolysis) is 1. The topological polar surface area (TPSA) is 108 Å². The number of nitrogens with zero attached hydrogens (tertiary/aromatic N) is 3. The van der Waals surface area contributed by atoms with Gasteiger partial charge in [-0.25, -0.2) is 14.3 Å². The Bertz CT molecular complexity index is 1040. The summed E-state index contributed by atoms with van der Waals surface area (Å²) in [5.41, 5.74) is 0.495. The van der Waals surface area contributed by atoms with E-state index in [1.807, 2.05) is 4.90 Å². The average Bonchev–Trinajstić information content (AvgIpc) is 3.24. The number of aromatic nitrogens is 2. The Morgan fingerprint density at radius 3 is 2.59 bits per heavy atom. The first-order valence-corrected chi connectivity index (χ1v) is 10.8. The summed E-state index contributed by atoms with van der Waals surface area (Å²) in [6, 6.07) is 5.38. The van der Waals surface area contributed by atoms with E-state index in [-0.39, 0.29) is 28.9 Å². The summed E-state index contributed by atoms with van der Waals surface area (Å²) < 4.78 is 18.6. The molecule has 3 heterocycles. The van der Waals surface area contributed by atoms with Gasteiger partial charge in [0.2, 0.25) is 0 Å². The van der Waals surface area contributed by atoms with E-state index < -0.39 is 11.7 Å². The van der Waals surface area contributed by atoms with Crippen molar-refractivity contribution in [3.8, 4) is 0 Å². The Kier molecular flexibility index (Phi) is 6.59. The minimum atomic E-state index is -0.504. The van der Waals surface area contributed by atoms with Crippen molar-refractivity contribution in [2.24, 2.45) is 0 Å². The van der Waals surface area contributed by atoms with Crippen LogP contribution in [0.1, 0.15) is 29.6 Å². The zero-order valence-electron chi connectivity index (χ0n) is 17.2. The summed E-state index contributed by atoms with van der Waals surface area (Å²) in [5.74, 6) is -0.532. The maximum atomic E-state index is 13.1. The van der Waals surface area contributed by atoms with Crippen molar-refractivity contribution >= 4 is 29.3 Å². The molecule has 0 saturated carbocycles. The summed E-state index contributed by atoms with van der Waals surface area (Å²) >= 11 is 6.05. The molecule has 2 fully saturated rings. The molecule has 1 aromatic carbocycles. The van der Waals surface area contributed by atoms with Crippen LogP contribution in [0.4, 0.5) is 14.9 Å². The third-order valence-corrected chi connectivity index (χ3v) is 6.10. The van der Waals surface area contributed by atoms with Crippen molar-refractivity contribution in [1.29, 1.82) is 0 Å². The predicted octanol–water partition coefficient (Wildman–Crippen LogP) is 2.17. The number of amides is 2. The molecule has 0 bridgehead atoms. The number of benzene rings is 1. The van der Waals surface area contributed by atoms with Crippen molar-refractivity contribution in [3.63, 3.8) is 0 Å². The Morgan fingerprint density at radius 1 is 1.16 bits per heavy atom. The van der Waals surface area contributed by atoms with E-state index in [2.05, 4.69) is 15.5 Å². The van der Waals surface area contributed by atoms with E-state index in [0.29, 0.717) is 56.7 Å². The smallest absolute Gasteiger partial charge is 0.407 e.